The topological polar surface area (TPSA) is 84.3 Å². The van der Waals surface area contributed by atoms with Crippen LogP contribution in [0.3, 0.4) is 0 Å². The molecule has 0 atom stereocenters. The van der Waals surface area contributed by atoms with Crippen LogP contribution in [-0.4, -0.2) is 45.9 Å². The summed E-state index contributed by atoms with van der Waals surface area (Å²) >= 11 is 0. The summed E-state index contributed by atoms with van der Waals surface area (Å²) in [6, 6.07) is 10.9. The number of nitrogens with zero attached hydrogens (tertiary/aromatic N) is 3. The van der Waals surface area contributed by atoms with E-state index in [2.05, 4.69) is 10.3 Å². The van der Waals surface area contributed by atoms with Gasteiger partial charge in [0.2, 0.25) is 5.91 Å². The van der Waals surface area contributed by atoms with E-state index in [1.54, 1.807) is 41.4 Å². The van der Waals surface area contributed by atoms with E-state index in [0.717, 1.165) is 18.5 Å². The molecule has 8 heteroatoms. The molecule has 1 fully saturated rings. The summed E-state index contributed by atoms with van der Waals surface area (Å²) in [4.78, 5) is 43.6. The largest absolute Gasteiger partial charge is 0.352 e. The quantitative estimate of drug-likeness (QED) is 0.593. The van der Waals surface area contributed by atoms with Crippen LogP contribution in [0.1, 0.15) is 35.2 Å². The number of aromatic nitrogens is 2. The van der Waals surface area contributed by atoms with Crippen molar-refractivity contribution in [1.29, 1.82) is 0 Å². The number of fused-ring (bicyclic) bond motifs is 1. The smallest absolute Gasteiger partial charge is 0.265 e. The van der Waals surface area contributed by atoms with Crippen molar-refractivity contribution in [2.45, 2.75) is 25.8 Å². The van der Waals surface area contributed by atoms with Crippen molar-refractivity contribution in [3.05, 3.63) is 76.0 Å². The van der Waals surface area contributed by atoms with E-state index in [1.807, 2.05) is 0 Å². The summed E-state index contributed by atoms with van der Waals surface area (Å²) in [7, 11) is 0. The minimum atomic E-state index is -0.462. The Morgan fingerprint density at radius 2 is 1.97 bits per heavy atom. The lowest BCUT2D eigenvalue weighted by atomic mass is 10.1. The predicted octanol–water partition coefficient (Wildman–Crippen LogP) is 2.33. The standard InChI is InChI=1S/C23H23FN4O3/c24-18-8-6-16(7-9-18)15-28-21-17(4-1-10-25-21)14-19(23(28)31)22(30)26-11-3-13-27-12-2-5-20(27)29/h1,4,6-10,14H,2-3,5,11-13,15H2,(H,26,30). The van der Waals surface area contributed by atoms with Gasteiger partial charge in [0, 0.05) is 37.6 Å². The molecule has 7 nitrogen and oxygen atoms in total. The Labute approximate surface area is 178 Å². The lowest BCUT2D eigenvalue weighted by Crippen LogP contribution is -2.35. The fourth-order valence-electron chi connectivity index (χ4n) is 3.80. The van der Waals surface area contributed by atoms with Crippen molar-refractivity contribution in [2.24, 2.45) is 0 Å². The number of amides is 2. The van der Waals surface area contributed by atoms with E-state index >= 15 is 0 Å². The van der Waals surface area contributed by atoms with Crippen LogP contribution in [0, 0.1) is 5.82 Å². The molecular formula is C23H23FN4O3. The first kappa shape index (κ1) is 20.7. The molecule has 3 aromatic rings. The number of hydrogen-bond acceptors (Lipinski definition) is 4. The zero-order valence-electron chi connectivity index (χ0n) is 17.0. The van der Waals surface area contributed by atoms with Gasteiger partial charge in [-0.05, 0) is 48.7 Å². The van der Waals surface area contributed by atoms with Crippen LogP contribution in [0.5, 0.6) is 0 Å². The number of likely N-dealkylation sites (tertiary alicyclic amines) is 1. The lowest BCUT2D eigenvalue weighted by Gasteiger charge is -2.15. The van der Waals surface area contributed by atoms with Crippen molar-refractivity contribution in [2.75, 3.05) is 19.6 Å². The van der Waals surface area contributed by atoms with E-state index in [9.17, 15) is 18.8 Å². The van der Waals surface area contributed by atoms with Crippen molar-refractivity contribution in [3.63, 3.8) is 0 Å². The van der Waals surface area contributed by atoms with Gasteiger partial charge in [-0.25, -0.2) is 9.37 Å². The number of carbonyl (C=O) groups excluding carboxylic acids is 2. The highest BCUT2D eigenvalue weighted by atomic mass is 19.1. The van der Waals surface area contributed by atoms with Gasteiger partial charge in [-0.15, -0.1) is 0 Å². The molecular weight excluding hydrogens is 399 g/mol. The molecule has 2 aromatic heterocycles. The van der Waals surface area contributed by atoms with Gasteiger partial charge in [0.15, 0.2) is 0 Å². The first-order chi connectivity index (χ1) is 15.0. The fourth-order valence-corrected chi connectivity index (χ4v) is 3.80. The number of hydrogen-bond donors (Lipinski definition) is 1. The number of halogens is 1. The maximum atomic E-state index is 13.2. The lowest BCUT2D eigenvalue weighted by molar-refractivity contribution is -0.127. The summed E-state index contributed by atoms with van der Waals surface area (Å²) in [5, 5.41) is 3.45. The molecule has 1 N–H and O–H groups in total. The summed E-state index contributed by atoms with van der Waals surface area (Å²) in [6.45, 7) is 1.89. The third-order valence-corrected chi connectivity index (χ3v) is 5.41. The minimum Gasteiger partial charge on any atom is -0.352 e. The Bertz CT molecular complexity index is 1170. The first-order valence-electron chi connectivity index (χ1n) is 10.3. The molecule has 0 bridgehead atoms. The van der Waals surface area contributed by atoms with Gasteiger partial charge < -0.3 is 10.2 Å². The maximum absolute atomic E-state index is 13.2. The van der Waals surface area contributed by atoms with Crippen LogP contribution in [0.15, 0.2) is 53.5 Å². The van der Waals surface area contributed by atoms with Crippen LogP contribution < -0.4 is 10.9 Å². The predicted molar refractivity (Wildman–Crippen MR) is 114 cm³/mol. The molecule has 1 saturated heterocycles. The Hall–Kier alpha value is -3.55. The molecule has 2 amide bonds. The second kappa shape index (κ2) is 9.07. The van der Waals surface area contributed by atoms with E-state index in [1.165, 1.54) is 16.7 Å². The SMILES string of the molecule is O=C(NCCCN1CCCC1=O)c1cc2cccnc2n(Cc2ccc(F)cc2)c1=O. The summed E-state index contributed by atoms with van der Waals surface area (Å²) < 4.78 is 14.7. The second-order valence-electron chi connectivity index (χ2n) is 7.59. The van der Waals surface area contributed by atoms with E-state index in [-0.39, 0.29) is 23.8 Å². The number of rotatable bonds is 7. The molecule has 0 unspecified atom stereocenters. The Balaban J connectivity index is 1.53. The Morgan fingerprint density at radius 3 is 2.71 bits per heavy atom. The first-order valence-corrected chi connectivity index (χ1v) is 10.3. The molecule has 0 radical (unpaired) electrons. The zero-order valence-corrected chi connectivity index (χ0v) is 17.0. The van der Waals surface area contributed by atoms with Crippen molar-refractivity contribution in [1.82, 2.24) is 19.8 Å². The van der Waals surface area contributed by atoms with Crippen LogP contribution in [0.4, 0.5) is 4.39 Å². The van der Waals surface area contributed by atoms with Crippen molar-refractivity contribution in [3.8, 4) is 0 Å². The number of carbonyl (C=O) groups is 2. The average Bonchev–Trinajstić information content (AvgIpc) is 3.19. The molecule has 0 spiro atoms. The average molecular weight is 422 g/mol. The number of benzene rings is 1. The van der Waals surface area contributed by atoms with Crippen LogP contribution in [-0.2, 0) is 11.3 Å². The molecule has 4 rings (SSSR count). The molecule has 0 saturated carbocycles. The summed E-state index contributed by atoms with van der Waals surface area (Å²) in [5.74, 6) is -0.670. The highest BCUT2D eigenvalue weighted by Gasteiger charge is 2.20. The van der Waals surface area contributed by atoms with E-state index in [4.69, 9.17) is 0 Å². The second-order valence-corrected chi connectivity index (χ2v) is 7.59. The summed E-state index contributed by atoms with van der Waals surface area (Å²) in [6.07, 6.45) is 3.67. The maximum Gasteiger partial charge on any atom is 0.265 e. The highest BCUT2D eigenvalue weighted by Crippen LogP contribution is 2.14. The fraction of sp³-hybridized carbons (Fsp3) is 0.304. The molecule has 1 aromatic carbocycles. The molecule has 0 aliphatic carbocycles. The van der Waals surface area contributed by atoms with Crippen molar-refractivity contribution >= 4 is 22.8 Å². The highest BCUT2D eigenvalue weighted by molar-refractivity contribution is 5.96. The third kappa shape index (κ3) is 4.63. The van der Waals surface area contributed by atoms with Crippen LogP contribution in [0.25, 0.3) is 11.0 Å². The molecule has 31 heavy (non-hydrogen) atoms. The van der Waals surface area contributed by atoms with Gasteiger partial charge in [-0.2, -0.15) is 0 Å². The van der Waals surface area contributed by atoms with E-state index in [0.29, 0.717) is 37.0 Å². The monoisotopic (exact) mass is 422 g/mol. The van der Waals surface area contributed by atoms with E-state index < -0.39 is 11.5 Å². The normalized spacial score (nSPS) is 13.7. The molecule has 1 aliphatic heterocycles. The van der Waals surface area contributed by atoms with Gasteiger partial charge in [-0.1, -0.05) is 12.1 Å². The minimum absolute atomic E-state index is 0.0276. The molecule has 3 heterocycles. The Morgan fingerprint density at radius 1 is 1.16 bits per heavy atom. The van der Waals surface area contributed by atoms with Gasteiger partial charge in [-0.3, -0.25) is 19.0 Å². The number of pyridine rings is 2. The zero-order chi connectivity index (χ0) is 21.8. The van der Waals surface area contributed by atoms with Gasteiger partial charge >= 0.3 is 0 Å². The number of nitrogens with one attached hydrogen (secondary N) is 1. The van der Waals surface area contributed by atoms with Gasteiger partial charge in [0.1, 0.15) is 17.0 Å². The molecule has 160 valence electrons. The van der Waals surface area contributed by atoms with Crippen molar-refractivity contribution < 1.29 is 14.0 Å². The van der Waals surface area contributed by atoms with Gasteiger partial charge in [0.05, 0.1) is 6.54 Å². The Kier molecular flexibility index (Phi) is 6.06. The third-order valence-electron chi connectivity index (χ3n) is 5.41. The van der Waals surface area contributed by atoms with Crippen LogP contribution in [0.2, 0.25) is 0 Å². The van der Waals surface area contributed by atoms with Crippen LogP contribution >= 0.6 is 0 Å². The van der Waals surface area contributed by atoms with Gasteiger partial charge in [0.25, 0.3) is 11.5 Å². The molecule has 1 aliphatic rings. The summed E-state index contributed by atoms with van der Waals surface area (Å²) in [5.41, 5.74) is 0.756.